The van der Waals surface area contributed by atoms with Gasteiger partial charge in [-0.05, 0) is 166 Å². The Hall–Kier alpha value is -10.3. The van der Waals surface area contributed by atoms with Gasteiger partial charge < -0.3 is 89.9 Å². The van der Waals surface area contributed by atoms with Gasteiger partial charge >= 0.3 is 39.6 Å². The van der Waals surface area contributed by atoms with Crippen LogP contribution < -0.4 is 32.3 Å². The topological polar surface area (TPSA) is 528 Å². The number of benzene rings is 4. The Labute approximate surface area is 808 Å². The zero-order chi connectivity index (χ0) is 102. The number of Topliss-reactive ketones (excluding diaryl/α,β-unsaturated/α-hetero) is 1. The molecule has 42 heteroatoms. The average molecular weight is 2000 g/mol. The van der Waals surface area contributed by atoms with Gasteiger partial charge in [-0.2, -0.15) is 4.31 Å². The van der Waals surface area contributed by atoms with Crippen LogP contribution in [0.3, 0.4) is 0 Å². The van der Waals surface area contributed by atoms with E-state index in [2.05, 4.69) is 30.9 Å². The molecule has 4 aromatic carbocycles. The minimum Gasteiger partial charge on any atom is -0.456 e. The van der Waals surface area contributed by atoms with Crippen LogP contribution in [-0.2, 0) is 131 Å². The van der Waals surface area contributed by atoms with E-state index in [1.165, 1.54) is 45.8 Å². The Balaban J connectivity index is 0.000000521. The molecule has 0 aliphatic carbocycles. The van der Waals surface area contributed by atoms with Crippen molar-refractivity contribution in [2.75, 3.05) is 112 Å². The molecule has 0 aromatic heterocycles. The van der Waals surface area contributed by atoms with Crippen LogP contribution in [0.1, 0.15) is 196 Å². The second kappa shape index (κ2) is 61.3. The van der Waals surface area contributed by atoms with E-state index in [0.29, 0.717) is 112 Å². The molecule has 2 heterocycles. The minimum atomic E-state index is -4.98. The smallest absolute Gasteiger partial charge is 0.456 e. The molecule has 2 aliphatic rings. The number of carbonyl (C=O) groups is 13. The zero-order valence-corrected chi connectivity index (χ0v) is 84.2. The number of rotatable bonds is 48. The third-order valence-corrected chi connectivity index (χ3v) is 27.0. The highest BCUT2D eigenvalue weighted by molar-refractivity contribution is 7.91. The maximum absolute atomic E-state index is 14.3. The van der Waals surface area contributed by atoms with Crippen LogP contribution in [0.15, 0.2) is 131 Å². The first-order valence-corrected chi connectivity index (χ1v) is 51.2. The van der Waals surface area contributed by atoms with Crippen LogP contribution >= 0.6 is 15.6 Å². The summed E-state index contributed by atoms with van der Waals surface area (Å²) in [6.07, 6.45) is 2.35. The van der Waals surface area contributed by atoms with E-state index < -0.39 is 158 Å². The minimum absolute atomic E-state index is 0.0164. The largest absolute Gasteiger partial charge is 0.481 e. The third-order valence-electron chi connectivity index (χ3n) is 22.5. The number of allylic oxidation sites excluding steroid dienone is 1. The number of sulfone groups is 1. The summed E-state index contributed by atoms with van der Waals surface area (Å²) in [6, 6.07) is 24.8. The van der Waals surface area contributed by atoms with Crippen molar-refractivity contribution in [3.05, 3.63) is 160 Å². The number of nitrogens with zero attached hydrogens (tertiary/aromatic N) is 3. The van der Waals surface area contributed by atoms with Crippen LogP contribution in [0.25, 0.3) is 0 Å². The van der Waals surface area contributed by atoms with E-state index in [1.807, 2.05) is 58.9 Å². The molecule has 4 unspecified atom stereocenters. The number of nitrogens with one attached hydrogen (secondary N) is 5. The van der Waals surface area contributed by atoms with E-state index >= 15 is 0 Å². The second-order valence-electron chi connectivity index (χ2n) is 34.4. The number of unbranched alkanes of at least 4 members (excludes halogenated alkanes) is 4. The van der Waals surface area contributed by atoms with Gasteiger partial charge in [-0.1, -0.05) is 143 Å². The molecule has 9 N–H and O–H groups in total. The summed E-state index contributed by atoms with van der Waals surface area (Å²) in [5.74, 6) is -10.2. The molecule has 766 valence electrons. The number of likely N-dealkylation sites (N-methyl/N-ethyl adjacent to an activating group) is 2. The first-order valence-electron chi connectivity index (χ1n) is 46.5. The van der Waals surface area contributed by atoms with Gasteiger partial charge in [0.25, 0.3) is 23.6 Å². The number of imide groups is 1. The number of amides is 9. The van der Waals surface area contributed by atoms with E-state index in [1.54, 1.807) is 113 Å². The van der Waals surface area contributed by atoms with Crippen LogP contribution in [0.2, 0.25) is 0 Å². The highest BCUT2D eigenvalue weighted by Crippen LogP contribution is 2.60. The molecule has 0 spiro atoms. The summed E-state index contributed by atoms with van der Waals surface area (Å²) in [6.45, 7) is 22.1. The SMILES string of the molecule is C/C=C(\C)[C@H]1OC(=O)[C@@H](C)NC(=O)[C@H](C(C)CC)NC(=O)CN(C)C(=O)[C@@H](Cc2ccccc2)N(C)C(=O)[C@H](C)NC(=O)[C@@H](CC(C)C)OC(=O)/C(C)=C/C[C@H](OC(=O)NCCCCCOP(=O)(O)OP(=O)(O)OCCCCCN)[C@@H]1C.Cc1ccc(CCC(CS(=O)(=O)c2ccc(C)cc2)C(=O)c2ccc(C(=O)NCCOCCOCCOCCOCCC(=O)ON3C(=O)CCC3=O)cc2)cc1. The van der Waals surface area contributed by atoms with Crippen molar-refractivity contribution in [3.8, 4) is 0 Å². The number of phosphoric acid groups is 2. The number of hydrogen-bond donors (Lipinski definition) is 8. The van der Waals surface area contributed by atoms with Gasteiger partial charge in [-0.15, -0.1) is 5.06 Å². The molecule has 138 heavy (non-hydrogen) atoms. The van der Waals surface area contributed by atoms with E-state index in [-0.39, 0.29) is 132 Å². The van der Waals surface area contributed by atoms with Crippen molar-refractivity contribution >= 4 is 103 Å². The molecule has 0 saturated carbocycles. The maximum atomic E-state index is 14.3. The molecular weight excluding hydrogens is 1850 g/mol. The fraction of sp³-hybridized carbons (Fsp3) is 0.573. The summed E-state index contributed by atoms with van der Waals surface area (Å²) in [5, 5.41) is 13.9. The Morgan fingerprint density at radius 2 is 1.20 bits per heavy atom. The number of hydrogen-bond acceptors (Lipinski definition) is 29. The first-order chi connectivity index (χ1) is 65.4. The van der Waals surface area contributed by atoms with Crippen LogP contribution in [-0.4, -0.2) is 265 Å². The molecule has 0 radical (unpaired) electrons. The quantitative estimate of drug-likeness (QED) is 0.00388. The van der Waals surface area contributed by atoms with E-state index in [0.717, 1.165) is 21.6 Å². The highest BCUT2D eigenvalue weighted by Gasteiger charge is 2.41. The number of phosphoric ester groups is 2. The van der Waals surface area contributed by atoms with Gasteiger partial charge in [-0.3, -0.25) is 52.2 Å². The summed E-state index contributed by atoms with van der Waals surface area (Å²) < 4.78 is 105. The van der Waals surface area contributed by atoms with Gasteiger partial charge in [0.1, 0.15) is 36.4 Å². The molecule has 0 bridgehead atoms. The normalized spacial score (nSPS) is 20.7. The van der Waals surface area contributed by atoms with Crippen molar-refractivity contribution < 1.29 is 141 Å². The predicted octanol–water partition coefficient (Wildman–Crippen LogP) is 9.52. The van der Waals surface area contributed by atoms with Crippen molar-refractivity contribution in [2.24, 2.45) is 29.4 Å². The second-order valence-corrected chi connectivity index (χ2v) is 39.4. The number of hydroxylamine groups is 2. The number of aryl methyl sites for hydroxylation is 3. The Kier molecular flexibility index (Phi) is 52.5. The van der Waals surface area contributed by atoms with Gasteiger partial charge in [0.15, 0.2) is 21.7 Å². The fourth-order valence-electron chi connectivity index (χ4n) is 14.0. The van der Waals surface area contributed by atoms with Crippen LogP contribution in [0, 0.1) is 37.5 Å². The van der Waals surface area contributed by atoms with Crippen LogP contribution in [0.5, 0.6) is 0 Å². The number of esters is 2. The summed E-state index contributed by atoms with van der Waals surface area (Å²) >= 11 is 0. The van der Waals surface area contributed by atoms with Crippen molar-refractivity contribution in [2.45, 2.75) is 227 Å². The van der Waals surface area contributed by atoms with Gasteiger partial charge in [0.05, 0.1) is 89.7 Å². The predicted molar refractivity (Wildman–Crippen MR) is 509 cm³/mol. The van der Waals surface area contributed by atoms with Gasteiger partial charge in [-0.25, -0.2) is 36.7 Å². The van der Waals surface area contributed by atoms with E-state index in [9.17, 15) is 89.7 Å². The lowest BCUT2D eigenvalue weighted by atomic mass is 9.90. The lowest BCUT2D eigenvalue weighted by Crippen LogP contribution is -2.57. The number of ketones is 1. The van der Waals surface area contributed by atoms with Gasteiger partial charge in [0, 0.05) is 81.4 Å². The molecule has 6 rings (SSSR count). The summed E-state index contributed by atoms with van der Waals surface area (Å²) in [7, 11) is -10.8. The number of alkyl carbamates (subject to hydrolysis) is 1. The molecule has 12 atom stereocenters. The van der Waals surface area contributed by atoms with Gasteiger partial charge in [0.2, 0.25) is 23.6 Å². The zero-order valence-electron chi connectivity index (χ0n) is 81.6. The monoisotopic (exact) mass is 1990 g/mol. The Morgan fingerprint density at radius 1 is 0.645 bits per heavy atom. The van der Waals surface area contributed by atoms with Crippen LogP contribution in [0.4, 0.5) is 4.79 Å². The summed E-state index contributed by atoms with van der Waals surface area (Å²) in [4.78, 5) is 200. The average Bonchev–Trinajstić information content (AvgIpc) is 0.897. The van der Waals surface area contributed by atoms with Crippen molar-refractivity contribution in [1.29, 1.82) is 0 Å². The molecule has 39 nitrogen and oxygen atoms in total. The number of ether oxygens (including phenoxy) is 7. The summed E-state index contributed by atoms with van der Waals surface area (Å²) in [5.41, 5.74) is 10.4. The standard InChI is InChI=1S/C55H91N7O18P2.C41H50N2O12S/c1-13-36(5)47-50(65)59-41(10)54(69)79-48(37(6)14-2)39(8)44(78-55(70)57-29-21-17-23-31-76-82(73,74)80-81(71,72)75-30-22-16-20-28-56)27-26-38(7)53(68)77-45(32-35(3)4)49(64)58-40(9)51(66)62(12)43(33-42-24-18-15-19-25-42)52(67)61(11)34-46(63)60-47;1-30-3-7-32(8-4-30)9-10-35(29-56(49,50)36-15-5-31(2)6-16-36)40(47)33-11-13-34(14-12-33)41(48)42-20-22-52-24-26-54-28-27-53-25-23-51-21-19-39(46)55-43-37(44)17-18-38(43)45/h14-15,18-19,24-26,35-36,39-41,43-45,47-48H,13,16-17,20-23,27-34,56H2,1-12H3,(H,57,70)(H,58,64)(H,59,65)(H,60,63)(H,71,72)(H,73,74);3-8,11-16,35H,9-10,17-29H2,1-2H3,(H,42,48)/b37-14+,38-26+;/t36?,39-,40-,41+,43+,44-,45+,47-,48+;/m0./s1. The Bertz CT molecular complexity index is 4880. The molecule has 2 aliphatic heterocycles. The number of carbonyl (C=O) groups excluding carboxylic acids is 13. The van der Waals surface area contributed by atoms with Crippen molar-refractivity contribution in [1.82, 2.24) is 41.4 Å². The molecule has 1 saturated heterocycles. The Morgan fingerprint density at radius 3 is 1.78 bits per heavy atom. The first kappa shape index (κ1) is 118. The highest BCUT2D eigenvalue weighted by atomic mass is 32.2. The molecular formula is C96H141N9O30P2S. The lowest BCUT2D eigenvalue weighted by Gasteiger charge is -2.33. The fourth-order valence-corrected chi connectivity index (χ4v) is 17.7. The molecule has 1 fully saturated rings. The number of cyclic esters (lactones) is 2. The van der Waals surface area contributed by atoms with E-state index in [4.69, 9.17) is 52.8 Å². The maximum Gasteiger partial charge on any atom is 0.481 e. The number of nitrogens with two attached hydrogens (primary N) is 1. The molecule has 9 amide bonds. The third kappa shape index (κ3) is 43.2. The lowest BCUT2D eigenvalue weighted by molar-refractivity contribution is -0.198. The van der Waals surface area contributed by atoms with Crippen molar-refractivity contribution in [3.63, 3.8) is 0 Å². The molecule has 4 aromatic rings.